The molecule has 140 valence electrons. The van der Waals surface area contributed by atoms with Crippen LogP contribution in [-0.2, 0) is 0 Å². The number of Topliss-reactive ketones (excluding diaryl/α,β-unsaturated/α-hetero) is 1. The number of rotatable bonds is 4. The predicted molar refractivity (Wildman–Crippen MR) is 103 cm³/mol. The zero-order chi connectivity index (χ0) is 19.0. The van der Waals surface area contributed by atoms with Crippen molar-refractivity contribution < 1.29 is 9.53 Å². The number of ether oxygens (including phenoxy) is 1. The largest absolute Gasteiger partial charge is 0.497 e. The third-order valence-corrected chi connectivity index (χ3v) is 5.07. The number of hydrogen-bond donors (Lipinski definition) is 2. The number of hydrogen-bond acceptors (Lipinski definition) is 7. The van der Waals surface area contributed by atoms with Crippen molar-refractivity contribution in [3.05, 3.63) is 35.7 Å². The highest BCUT2D eigenvalue weighted by atomic mass is 16.5. The minimum atomic E-state index is -0.0972. The van der Waals surface area contributed by atoms with Crippen LogP contribution in [0.4, 0.5) is 11.8 Å². The van der Waals surface area contributed by atoms with Gasteiger partial charge in [0.15, 0.2) is 17.2 Å². The predicted octanol–water partition coefficient (Wildman–Crippen LogP) is 2.35. The number of carbonyl (C=O) groups excluding carboxylic acids is 1. The number of fused-ring (bicyclic) bond motifs is 1. The quantitative estimate of drug-likeness (QED) is 0.682. The van der Waals surface area contributed by atoms with E-state index in [-0.39, 0.29) is 17.6 Å². The molecule has 0 saturated carbocycles. The van der Waals surface area contributed by atoms with Gasteiger partial charge in [0, 0.05) is 24.6 Å². The molecule has 27 heavy (non-hydrogen) atoms. The lowest BCUT2D eigenvalue weighted by Gasteiger charge is -2.33. The maximum atomic E-state index is 13.1. The SMILES string of the molecule is COc1ccc(C(=O)[C@H]2CCCN(c3nc(N)nc4nc[nH]c34)C2)c(C)c1. The molecule has 0 bridgehead atoms. The van der Waals surface area contributed by atoms with Crippen molar-refractivity contribution in [3.63, 3.8) is 0 Å². The van der Waals surface area contributed by atoms with Crippen LogP contribution in [0.5, 0.6) is 5.75 Å². The maximum absolute atomic E-state index is 13.1. The fraction of sp³-hybridized carbons (Fsp3) is 0.368. The minimum Gasteiger partial charge on any atom is -0.497 e. The first-order valence-corrected chi connectivity index (χ1v) is 8.97. The number of H-pyrrole nitrogens is 1. The second-order valence-corrected chi connectivity index (χ2v) is 6.84. The van der Waals surface area contributed by atoms with Gasteiger partial charge in [0.05, 0.1) is 13.4 Å². The second-order valence-electron chi connectivity index (χ2n) is 6.84. The number of imidazole rings is 1. The highest BCUT2D eigenvalue weighted by Gasteiger charge is 2.29. The van der Waals surface area contributed by atoms with E-state index in [0.717, 1.165) is 41.8 Å². The van der Waals surface area contributed by atoms with Gasteiger partial charge >= 0.3 is 0 Å². The molecule has 1 aromatic carbocycles. The zero-order valence-corrected chi connectivity index (χ0v) is 15.4. The molecule has 0 radical (unpaired) electrons. The number of carbonyl (C=O) groups is 1. The number of aromatic amines is 1. The first kappa shape index (κ1) is 17.3. The summed E-state index contributed by atoms with van der Waals surface area (Å²) < 4.78 is 5.24. The first-order chi connectivity index (χ1) is 13.1. The molecule has 1 atom stereocenters. The van der Waals surface area contributed by atoms with E-state index in [1.165, 1.54) is 0 Å². The van der Waals surface area contributed by atoms with E-state index in [0.29, 0.717) is 18.0 Å². The third kappa shape index (κ3) is 3.18. The Morgan fingerprint density at radius 1 is 1.37 bits per heavy atom. The van der Waals surface area contributed by atoms with E-state index in [2.05, 4.69) is 24.8 Å². The molecule has 0 aliphatic carbocycles. The molecule has 0 unspecified atom stereocenters. The summed E-state index contributed by atoms with van der Waals surface area (Å²) in [5.74, 6) is 1.71. The van der Waals surface area contributed by atoms with E-state index < -0.39 is 0 Å². The van der Waals surface area contributed by atoms with Gasteiger partial charge in [-0.15, -0.1) is 0 Å². The maximum Gasteiger partial charge on any atom is 0.224 e. The van der Waals surface area contributed by atoms with Crippen LogP contribution < -0.4 is 15.4 Å². The highest BCUT2D eigenvalue weighted by molar-refractivity contribution is 6.00. The van der Waals surface area contributed by atoms with Gasteiger partial charge in [-0.05, 0) is 43.5 Å². The van der Waals surface area contributed by atoms with E-state index in [9.17, 15) is 4.79 Å². The molecular formula is C19H22N6O2. The lowest BCUT2D eigenvalue weighted by molar-refractivity contribution is 0.0906. The Balaban J connectivity index is 1.61. The van der Waals surface area contributed by atoms with Crippen molar-refractivity contribution in [2.75, 3.05) is 30.8 Å². The van der Waals surface area contributed by atoms with Crippen LogP contribution >= 0.6 is 0 Å². The Bertz CT molecular complexity index is 999. The standard InChI is InChI=1S/C19H22N6O2/c1-11-8-13(27-2)5-6-14(11)16(26)12-4-3-7-25(9-12)18-15-17(22-10-21-15)23-19(20)24-18/h5-6,8,10,12H,3-4,7,9H2,1-2H3,(H3,20,21,22,23,24)/t12-/m0/s1. The van der Waals surface area contributed by atoms with Crippen molar-refractivity contribution in [2.24, 2.45) is 5.92 Å². The van der Waals surface area contributed by atoms with Crippen molar-refractivity contribution in [2.45, 2.75) is 19.8 Å². The Morgan fingerprint density at radius 2 is 2.22 bits per heavy atom. The van der Waals surface area contributed by atoms with E-state index in [4.69, 9.17) is 10.5 Å². The normalized spacial score (nSPS) is 17.3. The number of nitrogens with one attached hydrogen (secondary N) is 1. The molecule has 2 aromatic heterocycles. The summed E-state index contributed by atoms with van der Waals surface area (Å²) in [6.45, 7) is 3.35. The summed E-state index contributed by atoms with van der Waals surface area (Å²) in [6, 6.07) is 5.58. The number of nitrogen functional groups attached to an aromatic ring is 1. The molecule has 8 nitrogen and oxygen atoms in total. The lowest BCUT2D eigenvalue weighted by Crippen LogP contribution is -2.39. The molecule has 1 fully saturated rings. The fourth-order valence-electron chi connectivity index (χ4n) is 3.71. The van der Waals surface area contributed by atoms with Gasteiger partial charge in [0.25, 0.3) is 0 Å². The number of anilines is 2. The van der Waals surface area contributed by atoms with Crippen molar-refractivity contribution in [1.82, 2.24) is 19.9 Å². The molecule has 3 N–H and O–H groups in total. The van der Waals surface area contributed by atoms with Crippen LogP contribution in [0.15, 0.2) is 24.5 Å². The van der Waals surface area contributed by atoms with Gasteiger partial charge in [-0.1, -0.05) is 0 Å². The van der Waals surface area contributed by atoms with Crippen LogP contribution in [0.2, 0.25) is 0 Å². The van der Waals surface area contributed by atoms with Crippen LogP contribution in [0.3, 0.4) is 0 Å². The minimum absolute atomic E-state index is 0.0972. The summed E-state index contributed by atoms with van der Waals surface area (Å²) in [5, 5.41) is 0. The third-order valence-electron chi connectivity index (χ3n) is 5.07. The topological polar surface area (TPSA) is 110 Å². The van der Waals surface area contributed by atoms with Crippen LogP contribution in [0, 0.1) is 12.8 Å². The van der Waals surface area contributed by atoms with Crippen LogP contribution in [0.25, 0.3) is 11.2 Å². The highest BCUT2D eigenvalue weighted by Crippen LogP contribution is 2.29. The zero-order valence-electron chi connectivity index (χ0n) is 15.4. The average molecular weight is 366 g/mol. The van der Waals surface area contributed by atoms with Gasteiger partial charge in [-0.3, -0.25) is 4.79 Å². The first-order valence-electron chi connectivity index (χ1n) is 8.97. The summed E-state index contributed by atoms with van der Waals surface area (Å²) in [4.78, 5) is 31.0. The number of ketones is 1. The summed E-state index contributed by atoms with van der Waals surface area (Å²) in [5.41, 5.74) is 8.80. The number of nitrogens with two attached hydrogens (primary N) is 1. The van der Waals surface area contributed by atoms with E-state index >= 15 is 0 Å². The monoisotopic (exact) mass is 366 g/mol. The van der Waals surface area contributed by atoms with Gasteiger partial charge in [0.2, 0.25) is 5.95 Å². The molecule has 3 heterocycles. The molecule has 0 spiro atoms. The van der Waals surface area contributed by atoms with Gasteiger partial charge in [-0.2, -0.15) is 9.97 Å². The fourth-order valence-corrected chi connectivity index (χ4v) is 3.71. The Hall–Kier alpha value is -3.16. The van der Waals surface area contributed by atoms with Gasteiger partial charge in [-0.25, -0.2) is 4.98 Å². The molecule has 1 aliphatic rings. The van der Waals surface area contributed by atoms with Crippen molar-refractivity contribution >= 4 is 28.7 Å². The average Bonchev–Trinajstić information content (AvgIpc) is 3.15. The number of aryl methyl sites for hydroxylation is 1. The summed E-state index contributed by atoms with van der Waals surface area (Å²) >= 11 is 0. The Labute approximate surface area is 156 Å². The van der Waals surface area contributed by atoms with E-state index in [1.807, 2.05) is 25.1 Å². The molecule has 0 amide bonds. The van der Waals surface area contributed by atoms with Crippen molar-refractivity contribution in [1.29, 1.82) is 0 Å². The van der Waals surface area contributed by atoms with Crippen LogP contribution in [-0.4, -0.2) is 45.9 Å². The van der Waals surface area contributed by atoms with Gasteiger partial charge < -0.3 is 20.4 Å². The molecule has 4 rings (SSSR count). The lowest BCUT2D eigenvalue weighted by atomic mass is 9.88. The number of nitrogens with zero attached hydrogens (tertiary/aromatic N) is 4. The number of aromatic nitrogens is 4. The molecule has 1 aliphatic heterocycles. The Morgan fingerprint density at radius 3 is 3.00 bits per heavy atom. The van der Waals surface area contributed by atoms with Crippen LogP contribution in [0.1, 0.15) is 28.8 Å². The number of methoxy groups -OCH3 is 1. The number of piperidine rings is 1. The molecule has 8 heteroatoms. The summed E-state index contributed by atoms with van der Waals surface area (Å²) in [6.07, 6.45) is 3.34. The van der Waals surface area contributed by atoms with E-state index in [1.54, 1.807) is 13.4 Å². The Kier molecular flexibility index (Phi) is 4.39. The second kappa shape index (κ2) is 6.86. The van der Waals surface area contributed by atoms with Crippen molar-refractivity contribution in [3.8, 4) is 5.75 Å². The smallest absolute Gasteiger partial charge is 0.224 e. The summed E-state index contributed by atoms with van der Waals surface area (Å²) in [7, 11) is 1.62. The molecule has 3 aromatic rings. The molecule has 1 saturated heterocycles. The number of benzene rings is 1. The van der Waals surface area contributed by atoms with Gasteiger partial charge in [0.1, 0.15) is 11.3 Å². The molecular weight excluding hydrogens is 344 g/mol.